The lowest BCUT2D eigenvalue weighted by Gasteiger charge is -2.01. The fourth-order valence-corrected chi connectivity index (χ4v) is 1.50. The van der Waals surface area contributed by atoms with Gasteiger partial charge in [0.25, 0.3) is 0 Å². The molecule has 0 radical (unpaired) electrons. The normalized spacial score (nSPS) is 10.3. The molecule has 15 heavy (non-hydrogen) atoms. The Morgan fingerprint density at radius 3 is 2.60 bits per heavy atom. The number of hydrogen-bond donors (Lipinski definition) is 0. The van der Waals surface area contributed by atoms with Crippen molar-refractivity contribution in [3.05, 3.63) is 23.8 Å². The van der Waals surface area contributed by atoms with Crippen molar-refractivity contribution in [1.29, 1.82) is 0 Å². The van der Waals surface area contributed by atoms with E-state index < -0.39 is 0 Å². The van der Waals surface area contributed by atoms with E-state index in [0.29, 0.717) is 12.8 Å². The minimum Gasteiger partial charge on any atom is -0.299 e. The molecule has 1 heterocycles. The maximum Gasteiger partial charge on any atom is 0.138 e. The second-order valence-corrected chi connectivity index (χ2v) is 3.72. The number of carbonyl (C=O) groups excluding carboxylic acids is 1. The summed E-state index contributed by atoms with van der Waals surface area (Å²) in [6.07, 6.45) is 5.59. The molecule has 0 unspecified atom stereocenters. The van der Waals surface area contributed by atoms with Gasteiger partial charge in [-0.25, -0.2) is 9.97 Å². The van der Waals surface area contributed by atoms with Gasteiger partial charge in [-0.15, -0.1) is 0 Å². The van der Waals surface area contributed by atoms with Crippen LogP contribution in [0.25, 0.3) is 0 Å². The smallest absolute Gasteiger partial charge is 0.138 e. The molecule has 1 aromatic heterocycles. The number of aromatic nitrogens is 2. The molecule has 0 aliphatic heterocycles. The summed E-state index contributed by atoms with van der Waals surface area (Å²) in [7, 11) is 0. The van der Waals surface area contributed by atoms with Crippen LogP contribution in [0.4, 0.5) is 0 Å². The lowest BCUT2D eigenvalue weighted by atomic mass is 10.1. The third-order valence-corrected chi connectivity index (χ3v) is 2.19. The lowest BCUT2D eigenvalue weighted by Crippen LogP contribution is -2.05. The first kappa shape index (κ1) is 11.8. The summed E-state index contributed by atoms with van der Waals surface area (Å²) in [5.41, 5.74) is 1.89. The SMILES string of the molecule is CCCC(=O)Cc1cc(CCC)ncn1. The molecular weight excluding hydrogens is 188 g/mol. The molecule has 0 aromatic carbocycles. The van der Waals surface area contributed by atoms with Gasteiger partial charge in [0.2, 0.25) is 0 Å². The Bertz CT molecular complexity index is 323. The largest absolute Gasteiger partial charge is 0.299 e. The molecule has 0 aliphatic carbocycles. The molecule has 0 bridgehead atoms. The lowest BCUT2D eigenvalue weighted by molar-refractivity contribution is -0.118. The van der Waals surface area contributed by atoms with E-state index in [1.54, 1.807) is 6.33 Å². The van der Waals surface area contributed by atoms with E-state index in [-0.39, 0.29) is 5.78 Å². The predicted octanol–water partition coefficient (Wildman–Crippen LogP) is 2.34. The van der Waals surface area contributed by atoms with Crippen molar-refractivity contribution in [3.8, 4) is 0 Å². The van der Waals surface area contributed by atoms with Crippen LogP contribution in [-0.4, -0.2) is 15.8 Å². The molecule has 3 nitrogen and oxygen atoms in total. The fourth-order valence-electron chi connectivity index (χ4n) is 1.50. The summed E-state index contributed by atoms with van der Waals surface area (Å²) in [5.74, 6) is 0.263. The van der Waals surface area contributed by atoms with Crippen molar-refractivity contribution in [2.75, 3.05) is 0 Å². The van der Waals surface area contributed by atoms with E-state index in [2.05, 4.69) is 16.9 Å². The number of rotatable bonds is 6. The predicted molar refractivity (Wildman–Crippen MR) is 59.6 cm³/mol. The van der Waals surface area contributed by atoms with E-state index in [1.807, 2.05) is 13.0 Å². The second-order valence-electron chi connectivity index (χ2n) is 3.72. The Kier molecular flexibility index (Phi) is 4.95. The molecule has 82 valence electrons. The quantitative estimate of drug-likeness (QED) is 0.717. The van der Waals surface area contributed by atoms with Crippen LogP contribution in [-0.2, 0) is 17.6 Å². The van der Waals surface area contributed by atoms with Gasteiger partial charge < -0.3 is 0 Å². The number of Topliss-reactive ketones (excluding diaryl/α,β-unsaturated/α-hetero) is 1. The second kappa shape index (κ2) is 6.27. The van der Waals surface area contributed by atoms with Gasteiger partial charge in [0, 0.05) is 18.5 Å². The van der Waals surface area contributed by atoms with Gasteiger partial charge in [-0.3, -0.25) is 4.79 Å². The van der Waals surface area contributed by atoms with Gasteiger partial charge in [0.05, 0.1) is 5.69 Å². The third-order valence-electron chi connectivity index (χ3n) is 2.19. The van der Waals surface area contributed by atoms with Gasteiger partial charge in [-0.05, 0) is 18.9 Å². The number of ketones is 1. The Morgan fingerprint density at radius 2 is 1.93 bits per heavy atom. The van der Waals surface area contributed by atoms with Crippen LogP contribution in [0, 0.1) is 0 Å². The molecule has 0 fully saturated rings. The van der Waals surface area contributed by atoms with Crippen LogP contribution >= 0.6 is 0 Å². The number of nitrogens with zero attached hydrogens (tertiary/aromatic N) is 2. The molecule has 0 amide bonds. The van der Waals surface area contributed by atoms with Crippen LogP contribution in [0.3, 0.4) is 0 Å². The van der Waals surface area contributed by atoms with Crippen LogP contribution in [0.2, 0.25) is 0 Å². The molecule has 0 aliphatic rings. The van der Waals surface area contributed by atoms with E-state index in [4.69, 9.17) is 0 Å². The first-order valence-corrected chi connectivity index (χ1v) is 5.57. The summed E-state index contributed by atoms with van der Waals surface area (Å²) in [5, 5.41) is 0. The highest BCUT2D eigenvalue weighted by atomic mass is 16.1. The molecule has 0 saturated carbocycles. The maximum absolute atomic E-state index is 11.4. The maximum atomic E-state index is 11.4. The zero-order valence-corrected chi connectivity index (χ0v) is 9.49. The summed E-state index contributed by atoms with van der Waals surface area (Å²) >= 11 is 0. The topological polar surface area (TPSA) is 42.9 Å². The minimum absolute atomic E-state index is 0.263. The zero-order valence-electron chi connectivity index (χ0n) is 9.49. The number of carbonyl (C=O) groups is 1. The minimum atomic E-state index is 0.263. The van der Waals surface area contributed by atoms with Gasteiger partial charge in [0.15, 0.2) is 0 Å². The Hall–Kier alpha value is -1.25. The fraction of sp³-hybridized carbons (Fsp3) is 0.583. The molecule has 1 rings (SSSR count). The standard InChI is InChI=1S/C12H18N2O/c1-3-5-10-7-11(14-9-13-10)8-12(15)6-4-2/h7,9H,3-6,8H2,1-2H3. The summed E-state index contributed by atoms with van der Waals surface area (Å²) in [6, 6.07) is 1.94. The van der Waals surface area contributed by atoms with E-state index in [1.165, 1.54) is 0 Å². The molecule has 1 aromatic rings. The molecule has 0 atom stereocenters. The first-order valence-electron chi connectivity index (χ1n) is 5.57. The van der Waals surface area contributed by atoms with Crippen LogP contribution in [0.15, 0.2) is 12.4 Å². The van der Waals surface area contributed by atoms with Crippen LogP contribution < -0.4 is 0 Å². The van der Waals surface area contributed by atoms with Crippen molar-refractivity contribution in [3.63, 3.8) is 0 Å². The highest BCUT2D eigenvalue weighted by molar-refractivity contribution is 5.80. The Morgan fingerprint density at radius 1 is 1.20 bits per heavy atom. The molecule has 3 heteroatoms. The van der Waals surface area contributed by atoms with Crippen molar-refractivity contribution < 1.29 is 4.79 Å². The molecular formula is C12H18N2O. The van der Waals surface area contributed by atoms with Crippen molar-refractivity contribution in [2.24, 2.45) is 0 Å². The zero-order chi connectivity index (χ0) is 11.1. The van der Waals surface area contributed by atoms with E-state index in [0.717, 1.165) is 30.7 Å². The summed E-state index contributed by atoms with van der Waals surface area (Å²) in [6.45, 7) is 4.13. The highest BCUT2D eigenvalue weighted by Gasteiger charge is 2.04. The Balaban J connectivity index is 2.60. The van der Waals surface area contributed by atoms with Crippen molar-refractivity contribution >= 4 is 5.78 Å². The molecule has 0 spiro atoms. The Labute approximate surface area is 91.0 Å². The van der Waals surface area contributed by atoms with Gasteiger partial charge in [-0.2, -0.15) is 0 Å². The van der Waals surface area contributed by atoms with Crippen LogP contribution in [0.1, 0.15) is 44.5 Å². The molecule has 0 N–H and O–H groups in total. The average Bonchev–Trinajstić information content (AvgIpc) is 2.19. The molecule has 0 saturated heterocycles. The van der Waals surface area contributed by atoms with Crippen LogP contribution in [0.5, 0.6) is 0 Å². The summed E-state index contributed by atoms with van der Waals surface area (Å²) < 4.78 is 0. The highest BCUT2D eigenvalue weighted by Crippen LogP contribution is 2.04. The summed E-state index contributed by atoms with van der Waals surface area (Å²) in [4.78, 5) is 19.7. The third kappa shape index (κ3) is 4.19. The van der Waals surface area contributed by atoms with Crippen molar-refractivity contribution in [1.82, 2.24) is 9.97 Å². The number of hydrogen-bond acceptors (Lipinski definition) is 3. The van der Waals surface area contributed by atoms with Gasteiger partial charge in [0.1, 0.15) is 12.1 Å². The van der Waals surface area contributed by atoms with E-state index in [9.17, 15) is 4.79 Å². The first-order chi connectivity index (χ1) is 7.26. The van der Waals surface area contributed by atoms with E-state index >= 15 is 0 Å². The monoisotopic (exact) mass is 206 g/mol. The van der Waals surface area contributed by atoms with Gasteiger partial charge in [-0.1, -0.05) is 20.3 Å². The average molecular weight is 206 g/mol. The van der Waals surface area contributed by atoms with Gasteiger partial charge >= 0.3 is 0 Å². The van der Waals surface area contributed by atoms with Crippen molar-refractivity contribution in [2.45, 2.75) is 46.0 Å². The number of aryl methyl sites for hydroxylation is 1.